The highest BCUT2D eigenvalue weighted by atomic mass is 16.4. The summed E-state index contributed by atoms with van der Waals surface area (Å²) in [7, 11) is 0. The van der Waals surface area contributed by atoms with Crippen molar-refractivity contribution in [3.8, 4) is 0 Å². The second kappa shape index (κ2) is 5.89. The first kappa shape index (κ1) is 12.9. The lowest BCUT2D eigenvalue weighted by molar-refractivity contribution is -0.136. The number of aliphatic carboxylic acids is 1. The third kappa shape index (κ3) is 3.25. The highest BCUT2D eigenvalue weighted by Gasteiger charge is 2.25. The molecule has 0 radical (unpaired) electrons. The minimum absolute atomic E-state index is 0.210. The van der Waals surface area contributed by atoms with Crippen molar-refractivity contribution in [3.63, 3.8) is 0 Å². The summed E-state index contributed by atoms with van der Waals surface area (Å²) < 4.78 is 0. The molecule has 2 rings (SSSR count). The van der Waals surface area contributed by atoms with Gasteiger partial charge in [0.15, 0.2) is 0 Å². The molecule has 98 valence electrons. The van der Waals surface area contributed by atoms with E-state index < -0.39 is 5.97 Å². The lowest BCUT2D eigenvalue weighted by Gasteiger charge is -2.41. The normalized spacial score (nSPS) is 15.5. The van der Waals surface area contributed by atoms with Gasteiger partial charge in [-0.25, -0.2) is 0 Å². The van der Waals surface area contributed by atoms with Crippen molar-refractivity contribution < 1.29 is 9.90 Å². The Bertz CT molecular complexity index is 393. The van der Waals surface area contributed by atoms with E-state index in [0.29, 0.717) is 6.42 Å². The maximum atomic E-state index is 10.5. The lowest BCUT2D eigenvalue weighted by Crippen LogP contribution is -2.46. The first-order valence-electron chi connectivity index (χ1n) is 6.74. The summed E-state index contributed by atoms with van der Waals surface area (Å²) in [5, 5.41) is 8.64. The molecular weight excluding hydrogens is 226 g/mol. The smallest absolute Gasteiger partial charge is 0.303 e. The first-order valence-corrected chi connectivity index (χ1v) is 6.74. The minimum atomic E-state index is -0.732. The van der Waals surface area contributed by atoms with Crippen LogP contribution in [0.15, 0.2) is 24.3 Å². The van der Waals surface area contributed by atoms with Gasteiger partial charge in [0.1, 0.15) is 0 Å². The Labute approximate surface area is 108 Å². The summed E-state index contributed by atoms with van der Waals surface area (Å²) in [6.07, 6.45) is 3.43. The standard InChI is InChI=1S/C15H21NO2/c1-2-3-13-10-16(11-13)14-7-4-12(5-8-14)6-9-15(17)18/h4-5,7-8,13H,2-3,6,9-11H2,1H3,(H,17,18). The van der Waals surface area contributed by atoms with E-state index in [-0.39, 0.29) is 6.42 Å². The molecule has 18 heavy (non-hydrogen) atoms. The van der Waals surface area contributed by atoms with Gasteiger partial charge in [-0.05, 0) is 36.5 Å². The van der Waals surface area contributed by atoms with Crippen LogP contribution in [-0.4, -0.2) is 24.2 Å². The summed E-state index contributed by atoms with van der Waals surface area (Å²) in [5.74, 6) is 0.130. The zero-order valence-corrected chi connectivity index (χ0v) is 10.9. The number of rotatable bonds is 6. The fourth-order valence-corrected chi connectivity index (χ4v) is 2.50. The molecule has 0 amide bonds. The van der Waals surface area contributed by atoms with Crippen molar-refractivity contribution >= 4 is 11.7 Å². The molecule has 1 aromatic rings. The maximum Gasteiger partial charge on any atom is 0.303 e. The number of carboxylic acids is 1. The maximum absolute atomic E-state index is 10.5. The van der Waals surface area contributed by atoms with Crippen molar-refractivity contribution in [3.05, 3.63) is 29.8 Å². The van der Waals surface area contributed by atoms with Crippen molar-refractivity contribution in [1.82, 2.24) is 0 Å². The number of nitrogens with zero attached hydrogens (tertiary/aromatic N) is 1. The van der Waals surface area contributed by atoms with Crippen molar-refractivity contribution in [2.75, 3.05) is 18.0 Å². The monoisotopic (exact) mass is 247 g/mol. The molecule has 0 aliphatic carbocycles. The summed E-state index contributed by atoms with van der Waals surface area (Å²) in [5.41, 5.74) is 2.37. The molecule has 1 aliphatic rings. The van der Waals surface area contributed by atoms with E-state index in [1.807, 2.05) is 12.1 Å². The summed E-state index contributed by atoms with van der Waals surface area (Å²) in [4.78, 5) is 12.9. The molecule has 1 N–H and O–H groups in total. The van der Waals surface area contributed by atoms with Crippen LogP contribution in [0.4, 0.5) is 5.69 Å². The number of hydrogen-bond donors (Lipinski definition) is 1. The van der Waals surface area contributed by atoms with Gasteiger partial charge in [0.05, 0.1) is 0 Å². The Hall–Kier alpha value is -1.51. The molecule has 0 aromatic heterocycles. The minimum Gasteiger partial charge on any atom is -0.481 e. The summed E-state index contributed by atoms with van der Waals surface area (Å²) >= 11 is 0. The van der Waals surface area contributed by atoms with Crippen LogP contribution in [0.25, 0.3) is 0 Å². The molecule has 1 saturated heterocycles. The third-order valence-corrected chi connectivity index (χ3v) is 3.58. The molecule has 3 heteroatoms. The predicted molar refractivity (Wildman–Crippen MR) is 73.0 cm³/mol. The molecule has 0 spiro atoms. The topological polar surface area (TPSA) is 40.5 Å². The average molecular weight is 247 g/mol. The quantitative estimate of drug-likeness (QED) is 0.840. The van der Waals surface area contributed by atoms with Crippen LogP contribution in [0, 0.1) is 5.92 Å². The second-order valence-electron chi connectivity index (χ2n) is 5.12. The number of carboxylic acid groups (broad SMARTS) is 1. The van der Waals surface area contributed by atoms with Gasteiger partial charge >= 0.3 is 5.97 Å². The van der Waals surface area contributed by atoms with Crippen LogP contribution in [0.2, 0.25) is 0 Å². The van der Waals surface area contributed by atoms with Gasteiger partial charge in [0, 0.05) is 25.2 Å². The molecule has 1 aliphatic heterocycles. The van der Waals surface area contributed by atoms with Crippen LogP contribution in [0.1, 0.15) is 31.7 Å². The van der Waals surface area contributed by atoms with Crippen LogP contribution in [0.3, 0.4) is 0 Å². The van der Waals surface area contributed by atoms with Crippen molar-refractivity contribution in [1.29, 1.82) is 0 Å². The first-order chi connectivity index (χ1) is 8.69. The molecule has 0 saturated carbocycles. The van der Waals surface area contributed by atoms with Crippen molar-refractivity contribution in [2.24, 2.45) is 5.92 Å². The number of benzene rings is 1. The van der Waals surface area contributed by atoms with E-state index in [2.05, 4.69) is 24.0 Å². The van der Waals surface area contributed by atoms with Gasteiger partial charge in [-0.15, -0.1) is 0 Å². The molecule has 3 nitrogen and oxygen atoms in total. The van der Waals surface area contributed by atoms with Crippen LogP contribution in [-0.2, 0) is 11.2 Å². The molecular formula is C15H21NO2. The number of carbonyl (C=O) groups is 1. The van der Waals surface area contributed by atoms with E-state index in [4.69, 9.17) is 5.11 Å². The zero-order valence-electron chi connectivity index (χ0n) is 10.9. The molecule has 1 fully saturated rings. The molecule has 0 bridgehead atoms. The van der Waals surface area contributed by atoms with Gasteiger partial charge in [-0.3, -0.25) is 4.79 Å². The zero-order chi connectivity index (χ0) is 13.0. The number of hydrogen-bond acceptors (Lipinski definition) is 2. The van der Waals surface area contributed by atoms with E-state index in [9.17, 15) is 4.79 Å². The Kier molecular flexibility index (Phi) is 4.24. The fourth-order valence-electron chi connectivity index (χ4n) is 2.50. The van der Waals surface area contributed by atoms with E-state index in [0.717, 1.165) is 11.5 Å². The Balaban J connectivity index is 1.83. The predicted octanol–water partition coefficient (Wildman–Crippen LogP) is 2.94. The Morgan fingerprint density at radius 2 is 2.00 bits per heavy atom. The van der Waals surface area contributed by atoms with Gasteiger partial charge in [-0.2, -0.15) is 0 Å². The number of anilines is 1. The lowest BCUT2D eigenvalue weighted by atomic mass is 9.94. The van der Waals surface area contributed by atoms with Gasteiger partial charge < -0.3 is 10.0 Å². The third-order valence-electron chi connectivity index (χ3n) is 3.58. The Morgan fingerprint density at radius 3 is 2.56 bits per heavy atom. The van der Waals surface area contributed by atoms with E-state index in [1.54, 1.807) is 0 Å². The SMILES string of the molecule is CCCC1CN(c2ccc(CCC(=O)O)cc2)C1. The summed E-state index contributed by atoms with van der Waals surface area (Å²) in [6, 6.07) is 8.32. The Morgan fingerprint density at radius 1 is 1.33 bits per heavy atom. The van der Waals surface area contributed by atoms with Crippen molar-refractivity contribution in [2.45, 2.75) is 32.6 Å². The summed E-state index contributed by atoms with van der Waals surface area (Å²) in [6.45, 7) is 4.57. The fraction of sp³-hybridized carbons (Fsp3) is 0.533. The second-order valence-corrected chi connectivity index (χ2v) is 5.12. The molecule has 0 atom stereocenters. The van der Waals surface area contributed by atoms with Gasteiger partial charge in [-0.1, -0.05) is 25.5 Å². The average Bonchev–Trinajstić information content (AvgIpc) is 2.31. The molecule has 1 aromatic carbocycles. The highest BCUT2D eigenvalue weighted by Crippen LogP contribution is 2.27. The van der Waals surface area contributed by atoms with Gasteiger partial charge in [0.2, 0.25) is 0 Å². The van der Waals surface area contributed by atoms with Crippen LogP contribution in [0.5, 0.6) is 0 Å². The highest BCUT2D eigenvalue weighted by molar-refractivity contribution is 5.67. The van der Waals surface area contributed by atoms with Crippen LogP contribution < -0.4 is 4.90 Å². The van der Waals surface area contributed by atoms with Crippen LogP contribution >= 0.6 is 0 Å². The molecule has 1 heterocycles. The largest absolute Gasteiger partial charge is 0.481 e. The van der Waals surface area contributed by atoms with Gasteiger partial charge in [0.25, 0.3) is 0 Å². The number of aryl methyl sites for hydroxylation is 1. The van der Waals surface area contributed by atoms with E-state index >= 15 is 0 Å². The molecule has 0 unspecified atom stereocenters. The van der Waals surface area contributed by atoms with E-state index in [1.165, 1.54) is 31.6 Å².